The molecule has 0 spiro atoms. The lowest BCUT2D eigenvalue weighted by molar-refractivity contribution is 0.327. The topological polar surface area (TPSA) is 37.4 Å². The molecule has 88 valence electrons. The minimum atomic E-state index is 0.463. The van der Waals surface area contributed by atoms with Crippen LogP contribution < -0.4 is 15.0 Å². The average molecular weight is 221 g/mol. The minimum absolute atomic E-state index is 0.463. The molecular formula is C12H19N3O. The predicted octanol–water partition coefficient (Wildman–Crippen LogP) is 2.12. The van der Waals surface area contributed by atoms with Gasteiger partial charge >= 0.3 is 0 Å². The standard InChI is InChI=1S/C12H19N3O/c1-4-16-11-6-5-10-12(14-11)15(9(2)3)8-7-13-10/h5-6,9,13H,4,7-8H2,1-3H3. The maximum absolute atomic E-state index is 5.43. The Labute approximate surface area is 96.6 Å². The van der Waals surface area contributed by atoms with Crippen LogP contribution in [0.5, 0.6) is 5.88 Å². The van der Waals surface area contributed by atoms with Gasteiger partial charge in [-0.1, -0.05) is 0 Å². The van der Waals surface area contributed by atoms with Gasteiger partial charge in [-0.15, -0.1) is 0 Å². The molecule has 0 radical (unpaired) electrons. The number of anilines is 2. The third kappa shape index (κ3) is 2.05. The van der Waals surface area contributed by atoms with Crippen molar-refractivity contribution >= 4 is 11.5 Å². The second-order valence-electron chi connectivity index (χ2n) is 4.17. The highest BCUT2D eigenvalue weighted by Crippen LogP contribution is 2.30. The number of hydrogen-bond acceptors (Lipinski definition) is 4. The van der Waals surface area contributed by atoms with Crippen molar-refractivity contribution in [1.82, 2.24) is 4.98 Å². The van der Waals surface area contributed by atoms with Crippen molar-refractivity contribution < 1.29 is 4.74 Å². The highest BCUT2D eigenvalue weighted by atomic mass is 16.5. The summed E-state index contributed by atoms with van der Waals surface area (Å²) in [6.07, 6.45) is 0. The smallest absolute Gasteiger partial charge is 0.215 e. The lowest BCUT2D eigenvalue weighted by atomic mass is 10.2. The van der Waals surface area contributed by atoms with Crippen LogP contribution in [0.1, 0.15) is 20.8 Å². The molecule has 0 bridgehead atoms. The van der Waals surface area contributed by atoms with Gasteiger partial charge in [0.25, 0.3) is 0 Å². The van der Waals surface area contributed by atoms with Crippen LogP contribution in [0, 0.1) is 0 Å². The van der Waals surface area contributed by atoms with Crippen molar-refractivity contribution in [2.45, 2.75) is 26.8 Å². The number of nitrogens with one attached hydrogen (secondary N) is 1. The first-order valence-electron chi connectivity index (χ1n) is 5.86. The third-order valence-electron chi connectivity index (χ3n) is 2.71. The molecule has 0 fully saturated rings. The van der Waals surface area contributed by atoms with E-state index < -0.39 is 0 Å². The summed E-state index contributed by atoms with van der Waals surface area (Å²) < 4.78 is 5.43. The Hall–Kier alpha value is -1.45. The Morgan fingerprint density at radius 3 is 3.00 bits per heavy atom. The van der Waals surface area contributed by atoms with Gasteiger partial charge in [0.1, 0.15) is 0 Å². The van der Waals surface area contributed by atoms with Crippen molar-refractivity contribution in [2.75, 3.05) is 29.9 Å². The first-order valence-corrected chi connectivity index (χ1v) is 5.86. The van der Waals surface area contributed by atoms with E-state index in [1.165, 1.54) is 0 Å². The summed E-state index contributed by atoms with van der Waals surface area (Å²) in [6, 6.07) is 4.42. The molecule has 16 heavy (non-hydrogen) atoms. The zero-order valence-electron chi connectivity index (χ0n) is 10.2. The molecule has 0 unspecified atom stereocenters. The quantitative estimate of drug-likeness (QED) is 0.848. The summed E-state index contributed by atoms with van der Waals surface area (Å²) in [5.41, 5.74) is 1.10. The summed E-state index contributed by atoms with van der Waals surface area (Å²) in [6.45, 7) is 8.96. The molecule has 0 aliphatic carbocycles. The number of ether oxygens (including phenoxy) is 1. The Morgan fingerprint density at radius 1 is 1.50 bits per heavy atom. The van der Waals surface area contributed by atoms with Crippen molar-refractivity contribution in [1.29, 1.82) is 0 Å². The second kappa shape index (κ2) is 4.60. The maximum atomic E-state index is 5.43. The normalized spacial score (nSPS) is 14.6. The van der Waals surface area contributed by atoms with Crippen LogP contribution in [-0.2, 0) is 0 Å². The van der Waals surface area contributed by atoms with Crippen LogP contribution >= 0.6 is 0 Å². The van der Waals surface area contributed by atoms with Gasteiger partial charge in [0.15, 0.2) is 5.82 Å². The Kier molecular flexibility index (Phi) is 3.17. The van der Waals surface area contributed by atoms with E-state index in [0.29, 0.717) is 18.5 Å². The van der Waals surface area contributed by atoms with E-state index >= 15 is 0 Å². The first kappa shape index (κ1) is 11.0. The lowest BCUT2D eigenvalue weighted by Crippen LogP contribution is -2.39. The van der Waals surface area contributed by atoms with E-state index in [1.807, 2.05) is 19.1 Å². The van der Waals surface area contributed by atoms with Crippen LogP contribution in [0.4, 0.5) is 11.5 Å². The molecule has 1 aliphatic rings. The summed E-state index contributed by atoms with van der Waals surface area (Å²) in [5.74, 6) is 1.71. The lowest BCUT2D eigenvalue weighted by Gasteiger charge is -2.34. The summed E-state index contributed by atoms with van der Waals surface area (Å²) in [7, 11) is 0. The zero-order chi connectivity index (χ0) is 11.5. The summed E-state index contributed by atoms with van der Waals surface area (Å²) >= 11 is 0. The SMILES string of the molecule is CCOc1ccc2c(n1)N(C(C)C)CCN2. The van der Waals surface area contributed by atoms with Crippen LogP contribution in [0.2, 0.25) is 0 Å². The number of rotatable bonds is 3. The monoisotopic (exact) mass is 221 g/mol. The van der Waals surface area contributed by atoms with Gasteiger partial charge in [0.2, 0.25) is 5.88 Å². The van der Waals surface area contributed by atoms with Crippen LogP contribution in [0.25, 0.3) is 0 Å². The van der Waals surface area contributed by atoms with E-state index in [9.17, 15) is 0 Å². The number of nitrogens with zero attached hydrogens (tertiary/aromatic N) is 2. The van der Waals surface area contributed by atoms with Gasteiger partial charge < -0.3 is 15.0 Å². The van der Waals surface area contributed by atoms with Crippen molar-refractivity contribution in [3.8, 4) is 5.88 Å². The Morgan fingerprint density at radius 2 is 2.31 bits per heavy atom. The zero-order valence-corrected chi connectivity index (χ0v) is 10.2. The summed E-state index contributed by atoms with van der Waals surface area (Å²) in [5, 5.41) is 3.36. The Bertz CT molecular complexity index is 365. The first-order chi connectivity index (χ1) is 7.72. The molecule has 2 rings (SSSR count). The second-order valence-corrected chi connectivity index (χ2v) is 4.17. The Balaban J connectivity index is 2.32. The van der Waals surface area contributed by atoms with Gasteiger partial charge in [0.05, 0.1) is 12.3 Å². The number of aromatic nitrogens is 1. The van der Waals surface area contributed by atoms with E-state index in [-0.39, 0.29) is 0 Å². The molecule has 2 heterocycles. The molecule has 4 heteroatoms. The largest absolute Gasteiger partial charge is 0.478 e. The van der Waals surface area contributed by atoms with Crippen LogP contribution in [0.15, 0.2) is 12.1 Å². The highest BCUT2D eigenvalue weighted by Gasteiger charge is 2.20. The van der Waals surface area contributed by atoms with E-state index in [2.05, 4.69) is 29.0 Å². The van der Waals surface area contributed by atoms with Gasteiger partial charge in [-0.3, -0.25) is 0 Å². The molecule has 4 nitrogen and oxygen atoms in total. The van der Waals surface area contributed by atoms with Gasteiger partial charge in [-0.05, 0) is 26.8 Å². The number of fused-ring (bicyclic) bond motifs is 1. The molecule has 1 aromatic heterocycles. The molecule has 1 aliphatic heterocycles. The molecule has 1 N–H and O–H groups in total. The van der Waals surface area contributed by atoms with E-state index in [0.717, 1.165) is 24.6 Å². The van der Waals surface area contributed by atoms with Crippen molar-refractivity contribution in [3.63, 3.8) is 0 Å². The average Bonchev–Trinajstić information content (AvgIpc) is 2.28. The molecule has 0 saturated heterocycles. The third-order valence-corrected chi connectivity index (χ3v) is 2.71. The van der Waals surface area contributed by atoms with Crippen molar-refractivity contribution in [2.24, 2.45) is 0 Å². The highest BCUT2D eigenvalue weighted by molar-refractivity contribution is 5.69. The fourth-order valence-corrected chi connectivity index (χ4v) is 1.94. The minimum Gasteiger partial charge on any atom is -0.478 e. The van der Waals surface area contributed by atoms with Gasteiger partial charge in [-0.2, -0.15) is 4.98 Å². The number of pyridine rings is 1. The molecule has 0 aromatic carbocycles. The maximum Gasteiger partial charge on any atom is 0.215 e. The van der Waals surface area contributed by atoms with Gasteiger partial charge in [0, 0.05) is 25.2 Å². The number of hydrogen-bond donors (Lipinski definition) is 1. The molecule has 0 saturated carbocycles. The van der Waals surface area contributed by atoms with E-state index in [1.54, 1.807) is 0 Å². The summed E-state index contributed by atoms with van der Waals surface area (Å²) in [4.78, 5) is 6.85. The van der Waals surface area contributed by atoms with Crippen LogP contribution in [0.3, 0.4) is 0 Å². The fraction of sp³-hybridized carbons (Fsp3) is 0.583. The molecular weight excluding hydrogens is 202 g/mol. The predicted molar refractivity (Wildman–Crippen MR) is 66.4 cm³/mol. The van der Waals surface area contributed by atoms with Crippen LogP contribution in [-0.4, -0.2) is 30.7 Å². The van der Waals surface area contributed by atoms with Crippen molar-refractivity contribution in [3.05, 3.63) is 12.1 Å². The van der Waals surface area contributed by atoms with E-state index in [4.69, 9.17) is 4.74 Å². The van der Waals surface area contributed by atoms with Gasteiger partial charge in [-0.25, -0.2) is 0 Å². The molecule has 1 aromatic rings. The molecule has 0 atom stereocenters. The fourth-order valence-electron chi connectivity index (χ4n) is 1.94. The molecule has 0 amide bonds.